The predicted octanol–water partition coefficient (Wildman–Crippen LogP) is 18.6. The highest BCUT2D eigenvalue weighted by Crippen LogP contribution is 2.64. The third kappa shape index (κ3) is 5.55. The maximum absolute atomic E-state index is 6.68. The van der Waals surface area contributed by atoms with Crippen LogP contribution in [0.25, 0.3) is 86.9 Å². The molecule has 15 rings (SSSR count). The van der Waals surface area contributed by atoms with Crippen molar-refractivity contribution in [2.24, 2.45) is 0 Å². The third-order valence-electron chi connectivity index (χ3n) is 15.1. The van der Waals surface area contributed by atoms with E-state index in [-0.39, 0.29) is 0 Å². The monoisotopic (exact) mass is 907 g/mol. The number of nitrogens with zero attached hydrogens (tertiary/aromatic N) is 1. The summed E-state index contributed by atoms with van der Waals surface area (Å²) < 4.78 is 9.31. The molecule has 1 atom stereocenters. The second-order valence-electron chi connectivity index (χ2n) is 18.6. The number of hydrogen-bond donors (Lipinski definition) is 0. The van der Waals surface area contributed by atoms with Crippen molar-refractivity contribution in [1.82, 2.24) is 0 Å². The van der Waals surface area contributed by atoms with Crippen molar-refractivity contribution in [3.63, 3.8) is 0 Å². The molecule has 12 aromatic rings. The molecule has 1 spiro atoms. The van der Waals surface area contributed by atoms with Crippen LogP contribution in [0.4, 0.5) is 17.1 Å². The molecule has 0 saturated carbocycles. The van der Waals surface area contributed by atoms with Crippen LogP contribution in [-0.2, 0) is 5.41 Å². The second-order valence-corrected chi connectivity index (χ2v) is 19.7. The van der Waals surface area contributed by atoms with Gasteiger partial charge in [0.25, 0.3) is 0 Å². The average Bonchev–Trinajstić information content (AvgIpc) is 3.88. The fourth-order valence-electron chi connectivity index (χ4n) is 12.2. The summed E-state index contributed by atoms with van der Waals surface area (Å²) >= 11 is 1.89. The zero-order valence-corrected chi connectivity index (χ0v) is 38.8. The summed E-state index contributed by atoms with van der Waals surface area (Å²) in [5.41, 5.74) is 22.1. The van der Waals surface area contributed by atoms with E-state index >= 15 is 0 Å². The number of benzene rings is 11. The molecule has 326 valence electrons. The largest absolute Gasteiger partial charge is 0.456 e. The molecule has 3 aliphatic rings. The van der Waals surface area contributed by atoms with Gasteiger partial charge in [0.05, 0.1) is 5.41 Å². The second kappa shape index (κ2) is 15.1. The maximum Gasteiger partial charge on any atom is 0.135 e. The van der Waals surface area contributed by atoms with Crippen molar-refractivity contribution in [3.05, 3.63) is 271 Å². The first-order valence-electron chi connectivity index (χ1n) is 24.1. The summed E-state index contributed by atoms with van der Waals surface area (Å²) in [6, 6.07) is 92.1. The SMILES string of the molecule is c1ccc(-c2ccc(N(c3ccc4c(c3)-c3ccccc3Oc3ccccc3-4)c3ccc4c(c3)C3(c5ccccc5-c5ccccc5-4)c4ccccc4-c4c3ccc3sc5ccccc5c43)cc2)cc1. The van der Waals surface area contributed by atoms with Crippen LogP contribution < -0.4 is 9.64 Å². The van der Waals surface area contributed by atoms with Crippen LogP contribution in [0.3, 0.4) is 0 Å². The van der Waals surface area contributed by atoms with E-state index in [4.69, 9.17) is 4.74 Å². The molecule has 3 heteroatoms. The molecule has 2 nitrogen and oxygen atoms in total. The number of hydrogen-bond acceptors (Lipinski definition) is 3. The Bertz CT molecular complexity index is 4110. The molecule has 0 fully saturated rings. The van der Waals surface area contributed by atoms with Crippen LogP contribution in [0.15, 0.2) is 249 Å². The zero-order chi connectivity index (χ0) is 45.9. The van der Waals surface area contributed by atoms with Crippen molar-refractivity contribution in [3.8, 4) is 78.3 Å². The van der Waals surface area contributed by atoms with E-state index in [9.17, 15) is 0 Å². The number of fused-ring (bicyclic) bond motifs is 21. The normalized spacial score (nSPS) is 14.5. The highest BCUT2D eigenvalue weighted by molar-refractivity contribution is 7.26. The van der Waals surface area contributed by atoms with Gasteiger partial charge in [-0.25, -0.2) is 0 Å². The van der Waals surface area contributed by atoms with Gasteiger partial charge in [0, 0.05) is 48.4 Å². The number of rotatable bonds is 4. The molecule has 0 radical (unpaired) electrons. The molecule has 70 heavy (non-hydrogen) atoms. The summed E-state index contributed by atoms with van der Waals surface area (Å²) in [5, 5.41) is 2.66. The fourth-order valence-corrected chi connectivity index (χ4v) is 13.3. The standard InChI is InChI=1S/C67H41NOS/c1-2-16-42(17-3-1)43-30-32-44(33-31-43)68(45-34-36-49-52-21-8-13-27-61(52)69-62-28-14-9-22-53(62)56(49)40-45)46-35-37-51-48-19-5-4-18-47(48)50-20-6-11-25-57(50)67(60(51)41-46)58-26-12-7-23-54(58)65-59(67)38-39-64-66(65)55-24-10-15-29-63(55)70-64/h1-41H. The third-order valence-corrected chi connectivity index (χ3v) is 16.3. The van der Waals surface area contributed by atoms with Gasteiger partial charge in [0.1, 0.15) is 11.5 Å². The summed E-state index contributed by atoms with van der Waals surface area (Å²) in [6.07, 6.45) is 0. The number of anilines is 3. The first kappa shape index (κ1) is 39.3. The van der Waals surface area contributed by atoms with Gasteiger partial charge in [-0.1, -0.05) is 188 Å². The van der Waals surface area contributed by atoms with E-state index in [1.165, 1.54) is 86.9 Å². The van der Waals surface area contributed by atoms with Crippen LogP contribution in [0.5, 0.6) is 11.5 Å². The first-order valence-corrected chi connectivity index (χ1v) is 24.9. The van der Waals surface area contributed by atoms with Crippen molar-refractivity contribution >= 4 is 48.6 Å². The lowest BCUT2D eigenvalue weighted by molar-refractivity contribution is 0.488. The van der Waals surface area contributed by atoms with Crippen molar-refractivity contribution in [2.75, 3.05) is 4.90 Å². The Morgan fingerprint density at radius 2 is 0.829 bits per heavy atom. The van der Waals surface area contributed by atoms with Gasteiger partial charge >= 0.3 is 0 Å². The minimum Gasteiger partial charge on any atom is -0.456 e. The Morgan fingerprint density at radius 1 is 0.314 bits per heavy atom. The lowest BCUT2D eigenvalue weighted by Gasteiger charge is -2.36. The highest BCUT2D eigenvalue weighted by atomic mass is 32.1. The molecule has 2 aliphatic carbocycles. The molecule has 0 bridgehead atoms. The van der Waals surface area contributed by atoms with Gasteiger partial charge in [0.15, 0.2) is 0 Å². The van der Waals surface area contributed by atoms with E-state index in [0.29, 0.717) is 0 Å². The highest BCUT2D eigenvalue weighted by Gasteiger charge is 2.50. The fraction of sp³-hybridized carbons (Fsp3) is 0.0149. The number of para-hydroxylation sites is 2. The van der Waals surface area contributed by atoms with Crippen LogP contribution in [0.1, 0.15) is 22.3 Å². The smallest absolute Gasteiger partial charge is 0.135 e. The summed E-state index contributed by atoms with van der Waals surface area (Å²) in [4.78, 5) is 2.46. The van der Waals surface area contributed by atoms with Crippen LogP contribution >= 0.6 is 11.3 Å². The van der Waals surface area contributed by atoms with Crippen molar-refractivity contribution < 1.29 is 4.74 Å². The Morgan fingerprint density at radius 3 is 1.57 bits per heavy atom. The van der Waals surface area contributed by atoms with E-state index in [0.717, 1.165) is 50.8 Å². The summed E-state index contributed by atoms with van der Waals surface area (Å²) in [7, 11) is 0. The Labute approximate surface area is 410 Å². The van der Waals surface area contributed by atoms with Crippen LogP contribution in [-0.4, -0.2) is 0 Å². The summed E-state index contributed by atoms with van der Waals surface area (Å²) in [5.74, 6) is 1.70. The Hall–Kier alpha value is -8.76. The molecule has 0 amide bonds. The Balaban J connectivity index is 1.04. The molecule has 11 aromatic carbocycles. The van der Waals surface area contributed by atoms with Crippen LogP contribution in [0.2, 0.25) is 0 Å². The predicted molar refractivity (Wildman–Crippen MR) is 292 cm³/mol. The molecule has 1 aromatic heterocycles. The van der Waals surface area contributed by atoms with Crippen molar-refractivity contribution in [2.45, 2.75) is 5.41 Å². The zero-order valence-electron chi connectivity index (χ0n) is 37.9. The van der Waals surface area contributed by atoms with E-state index in [1.54, 1.807) is 0 Å². The van der Waals surface area contributed by atoms with E-state index in [1.807, 2.05) is 11.3 Å². The minimum atomic E-state index is -0.666. The molecule has 0 saturated heterocycles. The van der Waals surface area contributed by atoms with E-state index < -0.39 is 5.41 Å². The van der Waals surface area contributed by atoms with E-state index in [2.05, 4.69) is 254 Å². The quantitative estimate of drug-likeness (QED) is 0.174. The molecule has 1 aliphatic heterocycles. The first-order chi connectivity index (χ1) is 34.7. The van der Waals surface area contributed by atoms with Gasteiger partial charge in [-0.3, -0.25) is 0 Å². The van der Waals surface area contributed by atoms with Gasteiger partial charge in [-0.2, -0.15) is 0 Å². The van der Waals surface area contributed by atoms with Gasteiger partial charge < -0.3 is 9.64 Å². The lowest BCUT2D eigenvalue weighted by atomic mass is 9.65. The minimum absolute atomic E-state index is 0.666. The molecule has 1 unspecified atom stereocenters. The van der Waals surface area contributed by atoms with Crippen molar-refractivity contribution in [1.29, 1.82) is 0 Å². The molecular weight excluding hydrogens is 867 g/mol. The molecule has 2 heterocycles. The van der Waals surface area contributed by atoms with Gasteiger partial charge in [-0.15, -0.1) is 11.3 Å². The average molecular weight is 908 g/mol. The topological polar surface area (TPSA) is 12.5 Å². The molecular formula is C67H41NOS. The molecule has 0 N–H and O–H groups in total. The lowest BCUT2D eigenvalue weighted by Crippen LogP contribution is -2.29. The van der Waals surface area contributed by atoms with Gasteiger partial charge in [0.2, 0.25) is 0 Å². The number of thiophene rings is 1. The Kier molecular flexibility index (Phi) is 8.48. The van der Waals surface area contributed by atoms with Gasteiger partial charge in [-0.05, 0) is 139 Å². The maximum atomic E-state index is 6.68. The van der Waals surface area contributed by atoms with Crippen LogP contribution in [0, 0.1) is 0 Å². The summed E-state index contributed by atoms with van der Waals surface area (Å²) in [6.45, 7) is 0. The number of ether oxygens (including phenoxy) is 1.